The number of nitrogens with zero attached hydrogens (tertiary/aromatic N) is 1. The molecule has 2 aromatic rings. The highest BCUT2D eigenvalue weighted by atomic mass is 35.5. The molecule has 0 atom stereocenters. The lowest BCUT2D eigenvalue weighted by Crippen LogP contribution is -1.95. The summed E-state index contributed by atoms with van der Waals surface area (Å²) in [7, 11) is 0. The van der Waals surface area contributed by atoms with E-state index >= 15 is 0 Å². The van der Waals surface area contributed by atoms with Crippen molar-refractivity contribution < 1.29 is 4.74 Å². The van der Waals surface area contributed by atoms with Gasteiger partial charge in [0.1, 0.15) is 12.4 Å². The van der Waals surface area contributed by atoms with Crippen molar-refractivity contribution in [2.24, 2.45) is 0 Å². The first kappa shape index (κ1) is 11.2. The van der Waals surface area contributed by atoms with Crippen molar-refractivity contribution in [3.05, 3.63) is 58.3 Å². The number of benzene rings is 1. The van der Waals surface area contributed by atoms with Crippen molar-refractivity contribution in [2.45, 2.75) is 6.61 Å². The van der Waals surface area contributed by atoms with E-state index in [-0.39, 0.29) is 0 Å². The van der Waals surface area contributed by atoms with E-state index in [2.05, 4.69) is 4.98 Å². The number of hydrogen-bond donors (Lipinski definition) is 0. The van der Waals surface area contributed by atoms with Gasteiger partial charge in [0, 0.05) is 18.5 Å². The molecule has 0 spiro atoms. The molecule has 2 rings (SSSR count). The van der Waals surface area contributed by atoms with Gasteiger partial charge in [-0.2, -0.15) is 0 Å². The van der Waals surface area contributed by atoms with Gasteiger partial charge in [0.05, 0.1) is 10.0 Å². The molecule has 1 aromatic heterocycles. The van der Waals surface area contributed by atoms with Crippen LogP contribution in [0.15, 0.2) is 42.7 Å². The number of aromatic nitrogens is 1. The van der Waals surface area contributed by atoms with Crippen LogP contribution < -0.4 is 4.74 Å². The lowest BCUT2D eigenvalue weighted by molar-refractivity contribution is 0.306. The highest BCUT2D eigenvalue weighted by Crippen LogP contribution is 2.26. The van der Waals surface area contributed by atoms with Crippen molar-refractivity contribution in [3.8, 4) is 5.75 Å². The third-order valence-electron chi connectivity index (χ3n) is 2.05. The molecule has 0 radical (unpaired) electrons. The maximum Gasteiger partial charge on any atom is 0.121 e. The molecule has 0 saturated carbocycles. The van der Waals surface area contributed by atoms with E-state index in [0.29, 0.717) is 22.4 Å². The second kappa shape index (κ2) is 5.19. The second-order valence-electron chi connectivity index (χ2n) is 3.22. The Morgan fingerprint density at radius 3 is 2.44 bits per heavy atom. The van der Waals surface area contributed by atoms with Gasteiger partial charge >= 0.3 is 0 Å². The number of pyridine rings is 1. The van der Waals surface area contributed by atoms with Crippen LogP contribution in [-0.4, -0.2) is 4.98 Å². The number of halogens is 2. The highest BCUT2D eigenvalue weighted by molar-refractivity contribution is 6.42. The smallest absolute Gasteiger partial charge is 0.121 e. The lowest BCUT2D eigenvalue weighted by Gasteiger charge is -2.06. The zero-order chi connectivity index (χ0) is 11.4. The van der Waals surface area contributed by atoms with Gasteiger partial charge in [0.15, 0.2) is 0 Å². The Hall–Kier alpha value is -1.25. The normalized spacial score (nSPS) is 10.1. The fraction of sp³-hybridized carbons (Fsp3) is 0.0833. The van der Waals surface area contributed by atoms with Crippen LogP contribution in [0.5, 0.6) is 5.75 Å². The molecule has 4 heteroatoms. The zero-order valence-corrected chi connectivity index (χ0v) is 9.87. The molecule has 0 fully saturated rings. The summed E-state index contributed by atoms with van der Waals surface area (Å²) in [4.78, 5) is 3.93. The quantitative estimate of drug-likeness (QED) is 0.826. The third kappa shape index (κ3) is 2.87. The number of rotatable bonds is 3. The van der Waals surface area contributed by atoms with Gasteiger partial charge in [-0.15, -0.1) is 0 Å². The first-order valence-electron chi connectivity index (χ1n) is 4.72. The van der Waals surface area contributed by atoms with Crippen LogP contribution in [0.2, 0.25) is 10.0 Å². The Morgan fingerprint density at radius 2 is 1.75 bits per heavy atom. The summed E-state index contributed by atoms with van der Waals surface area (Å²) in [5.74, 6) is 0.700. The zero-order valence-electron chi connectivity index (χ0n) is 8.36. The SMILES string of the molecule is Clc1ccc(OCc2ccncc2)cc1Cl. The molecular weight excluding hydrogens is 245 g/mol. The molecule has 0 N–H and O–H groups in total. The second-order valence-corrected chi connectivity index (χ2v) is 4.03. The molecule has 16 heavy (non-hydrogen) atoms. The van der Waals surface area contributed by atoms with Gasteiger partial charge in [0.25, 0.3) is 0 Å². The van der Waals surface area contributed by atoms with Crippen molar-refractivity contribution in [3.63, 3.8) is 0 Å². The van der Waals surface area contributed by atoms with Crippen LogP contribution in [0.3, 0.4) is 0 Å². The molecule has 0 amide bonds. The molecule has 1 aromatic carbocycles. The van der Waals surface area contributed by atoms with Gasteiger partial charge in [-0.3, -0.25) is 4.98 Å². The third-order valence-corrected chi connectivity index (χ3v) is 2.78. The van der Waals surface area contributed by atoms with Crippen LogP contribution in [0.25, 0.3) is 0 Å². The maximum absolute atomic E-state index is 5.87. The van der Waals surface area contributed by atoms with Gasteiger partial charge in [-0.25, -0.2) is 0 Å². The van der Waals surface area contributed by atoms with Crippen LogP contribution in [0.1, 0.15) is 5.56 Å². The molecule has 0 aliphatic carbocycles. The van der Waals surface area contributed by atoms with Crippen LogP contribution in [0, 0.1) is 0 Å². The summed E-state index contributed by atoms with van der Waals surface area (Å²) < 4.78 is 5.56. The van der Waals surface area contributed by atoms with E-state index in [0.717, 1.165) is 5.56 Å². The average molecular weight is 254 g/mol. The summed E-state index contributed by atoms with van der Waals surface area (Å²) in [5, 5.41) is 1.02. The van der Waals surface area contributed by atoms with Crippen molar-refractivity contribution >= 4 is 23.2 Å². The molecule has 0 unspecified atom stereocenters. The summed E-state index contributed by atoms with van der Waals surface area (Å²) in [5.41, 5.74) is 1.06. The van der Waals surface area contributed by atoms with E-state index < -0.39 is 0 Å². The van der Waals surface area contributed by atoms with Crippen LogP contribution in [0.4, 0.5) is 0 Å². The largest absolute Gasteiger partial charge is 0.489 e. The Kier molecular flexibility index (Phi) is 3.65. The summed E-state index contributed by atoms with van der Waals surface area (Å²) in [6.45, 7) is 0.487. The Morgan fingerprint density at radius 1 is 1.00 bits per heavy atom. The molecule has 82 valence electrons. The molecule has 0 aliphatic rings. The van der Waals surface area contributed by atoms with E-state index in [9.17, 15) is 0 Å². The minimum absolute atomic E-state index is 0.487. The van der Waals surface area contributed by atoms with Crippen molar-refractivity contribution in [2.75, 3.05) is 0 Å². The Balaban J connectivity index is 2.03. The monoisotopic (exact) mass is 253 g/mol. The van der Waals surface area contributed by atoms with Crippen molar-refractivity contribution in [1.82, 2.24) is 4.98 Å². The van der Waals surface area contributed by atoms with Crippen LogP contribution in [-0.2, 0) is 6.61 Å². The summed E-state index contributed by atoms with van der Waals surface area (Å²) >= 11 is 11.7. The predicted octanol–water partition coefficient (Wildman–Crippen LogP) is 3.97. The first-order valence-corrected chi connectivity index (χ1v) is 5.48. The molecule has 1 heterocycles. The Bertz CT molecular complexity index is 474. The van der Waals surface area contributed by atoms with Gasteiger partial charge in [-0.05, 0) is 29.8 Å². The fourth-order valence-corrected chi connectivity index (χ4v) is 1.50. The highest BCUT2D eigenvalue weighted by Gasteiger charge is 2.00. The predicted molar refractivity (Wildman–Crippen MR) is 65.0 cm³/mol. The first-order chi connectivity index (χ1) is 7.75. The van der Waals surface area contributed by atoms with Crippen molar-refractivity contribution in [1.29, 1.82) is 0 Å². The number of ether oxygens (including phenoxy) is 1. The van der Waals surface area contributed by atoms with E-state index in [1.165, 1.54) is 0 Å². The van der Waals surface area contributed by atoms with Gasteiger partial charge in [0.2, 0.25) is 0 Å². The summed E-state index contributed by atoms with van der Waals surface area (Å²) in [6, 6.07) is 9.00. The van der Waals surface area contributed by atoms with Gasteiger partial charge < -0.3 is 4.74 Å². The average Bonchev–Trinajstić information content (AvgIpc) is 2.32. The molecule has 0 aliphatic heterocycles. The molecule has 0 saturated heterocycles. The van der Waals surface area contributed by atoms with E-state index in [1.807, 2.05) is 12.1 Å². The van der Waals surface area contributed by atoms with E-state index in [4.69, 9.17) is 27.9 Å². The maximum atomic E-state index is 5.87. The van der Waals surface area contributed by atoms with Crippen LogP contribution >= 0.6 is 23.2 Å². The minimum atomic E-state index is 0.487. The minimum Gasteiger partial charge on any atom is -0.489 e. The fourth-order valence-electron chi connectivity index (χ4n) is 1.21. The Labute approximate surface area is 104 Å². The standard InChI is InChI=1S/C12H9Cl2NO/c13-11-2-1-10(7-12(11)14)16-8-9-3-5-15-6-4-9/h1-7H,8H2. The van der Waals surface area contributed by atoms with E-state index in [1.54, 1.807) is 30.6 Å². The lowest BCUT2D eigenvalue weighted by atomic mass is 10.3. The van der Waals surface area contributed by atoms with Gasteiger partial charge in [-0.1, -0.05) is 23.2 Å². The molecule has 0 bridgehead atoms. The molecular formula is C12H9Cl2NO. The molecule has 2 nitrogen and oxygen atoms in total. The number of hydrogen-bond acceptors (Lipinski definition) is 2. The topological polar surface area (TPSA) is 22.1 Å². The summed E-state index contributed by atoms with van der Waals surface area (Å²) in [6.07, 6.45) is 3.46.